The lowest BCUT2D eigenvalue weighted by Crippen LogP contribution is -2.33. The fraction of sp³-hybridized carbons (Fsp3) is 0.588. The van der Waals surface area contributed by atoms with Crippen LogP contribution in [-0.4, -0.2) is 22.4 Å². The molecule has 0 aliphatic heterocycles. The Morgan fingerprint density at radius 2 is 2.05 bits per heavy atom. The van der Waals surface area contributed by atoms with Crippen LogP contribution < -0.4 is 5.32 Å². The van der Waals surface area contributed by atoms with E-state index >= 15 is 0 Å². The average Bonchev–Trinajstić information content (AvgIpc) is 2.46. The fourth-order valence-electron chi connectivity index (χ4n) is 2.89. The van der Waals surface area contributed by atoms with Crippen LogP contribution in [0.4, 0.5) is 0 Å². The van der Waals surface area contributed by atoms with Gasteiger partial charge in [0, 0.05) is 23.1 Å². The third kappa shape index (κ3) is 6.00. The summed E-state index contributed by atoms with van der Waals surface area (Å²) in [6, 6.07) is 7.97. The molecule has 0 unspecified atom stereocenters. The summed E-state index contributed by atoms with van der Waals surface area (Å²) < 4.78 is 12.0. The molecule has 1 aromatic carbocycles. The number of aryl methyl sites for hydroxylation is 1. The van der Waals surface area contributed by atoms with Crippen molar-refractivity contribution in [1.82, 2.24) is 5.32 Å². The van der Waals surface area contributed by atoms with Gasteiger partial charge in [-0.2, -0.15) is 0 Å². The van der Waals surface area contributed by atoms with Crippen molar-refractivity contribution in [2.75, 3.05) is 12.3 Å². The van der Waals surface area contributed by atoms with Crippen LogP contribution in [0, 0.1) is 12.8 Å². The minimum atomic E-state index is -1.13. The van der Waals surface area contributed by atoms with Crippen molar-refractivity contribution in [3.63, 3.8) is 0 Å². The van der Waals surface area contributed by atoms with Gasteiger partial charge in [0.05, 0.1) is 0 Å². The van der Waals surface area contributed by atoms with Gasteiger partial charge >= 0.3 is 0 Å². The van der Waals surface area contributed by atoms with E-state index in [0.29, 0.717) is 11.7 Å². The molecule has 0 radical (unpaired) electrons. The van der Waals surface area contributed by atoms with Crippen LogP contribution in [0.2, 0.25) is 0 Å². The van der Waals surface area contributed by atoms with E-state index in [0.717, 1.165) is 17.7 Å². The quantitative estimate of drug-likeness (QED) is 0.878. The van der Waals surface area contributed by atoms with E-state index in [4.69, 9.17) is 0 Å². The largest absolute Gasteiger partial charge is 0.355 e. The van der Waals surface area contributed by atoms with Crippen LogP contribution in [-0.2, 0) is 21.3 Å². The Morgan fingerprint density at radius 1 is 1.29 bits per heavy atom. The second-order valence-electron chi connectivity index (χ2n) is 6.03. The van der Waals surface area contributed by atoms with Gasteiger partial charge in [-0.15, -0.1) is 0 Å². The van der Waals surface area contributed by atoms with Crippen molar-refractivity contribution in [1.29, 1.82) is 0 Å². The summed E-state index contributed by atoms with van der Waals surface area (Å²) in [5, 5.41) is 2.95. The first kappa shape index (κ1) is 16.2. The van der Waals surface area contributed by atoms with Gasteiger partial charge < -0.3 is 5.32 Å². The van der Waals surface area contributed by atoms with Crippen molar-refractivity contribution in [2.24, 2.45) is 5.92 Å². The number of carbonyl (C=O) groups is 1. The molecule has 4 heteroatoms. The van der Waals surface area contributed by atoms with Crippen LogP contribution in [0.1, 0.15) is 43.2 Å². The van der Waals surface area contributed by atoms with Crippen molar-refractivity contribution >= 4 is 16.7 Å². The highest BCUT2D eigenvalue weighted by molar-refractivity contribution is 7.84. The van der Waals surface area contributed by atoms with E-state index < -0.39 is 10.8 Å². The third-order valence-electron chi connectivity index (χ3n) is 4.01. The number of amides is 1. The summed E-state index contributed by atoms with van der Waals surface area (Å²) in [5.41, 5.74) is 2.19. The molecular weight excluding hydrogens is 282 g/mol. The van der Waals surface area contributed by atoms with E-state index in [9.17, 15) is 9.00 Å². The van der Waals surface area contributed by atoms with Gasteiger partial charge in [0.15, 0.2) is 0 Å². The Morgan fingerprint density at radius 3 is 2.76 bits per heavy atom. The molecule has 1 aliphatic rings. The Labute approximate surface area is 130 Å². The summed E-state index contributed by atoms with van der Waals surface area (Å²) >= 11 is 0. The molecule has 2 rings (SSSR count). The molecule has 21 heavy (non-hydrogen) atoms. The van der Waals surface area contributed by atoms with Crippen LogP contribution in [0.5, 0.6) is 0 Å². The number of carbonyl (C=O) groups excluding carboxylic acids is 1. The summed E-state index contributed by atoms with van der Waals surface area (Å²) in [7, 11) is -1.13. The zero-order valence-electron chi connectivity index (χ0n) is 12.8. The van der Waals surface area contributed by atoms with Gasteiger partial charge in [0.25, 0.3) is 0 Å². The highest BCUT2D eigenvalue weighted by atomic mass is 32.2. The average molecular weight is 307 g/mol. The lowest BCUT2D eigenvalue weighted by molar-refractivity contribution is -0.118. The maximum absolute atomic E-state index is 12.0. The first-order chi connectivity index (χ1) is 10.1. The molecule has 0 saturated heterocycles. The molecule has 0 bridgehead atoms. The molecule has 3 nitrogen and oxygen atoms in total. The second-order valence-corrected chi connectivity index (χ2v) is 7.48. The summed E-state index contributed by atoms with van der Waals surface area (Å²) in [6.45, 7) is 2.77. The van der Waals surface area contributed by atoms with Crippen LogP contribution in [0.15, 0.2) is 24.3 Å². The molecule has 0 aromatic heterocycles. The lowest BCUT2D eigenvalue weighted by atomic mass is 9.89. The monoisotopic (exact) mass is 307 g/mol. The van der Waals surface area contributed by atoms with E-state index in [1.165, 1.54) is 32.1 Å². The van der Waals surface area contributed by atoms with Crippen LogP contribution in [0.3, 0.4) is 0 Å². The molecule has 0 heterocycles. The smallest absolute Gasteiger partial charge is 0.232 e. The summed E-state index contributed by atoms with van der Waals surface area (Å²) in [4.78, 5) is 11.8. The molecule has 1 N–H and O–H groups in total. The number of benzene rings is 1. The lowest BCUT2D eigenvalue weighted by Gasteiger charge is -2.21. The Hall–Kier alpha value is -1.16. The van der Waals surface area contributed by atoms with E-state index in [-0.39, 0.29) is 11.7 Å². The molecule has 1 saturated carbocycles. The number of rotatable bonds is 6. The van der Waals surface area contributed by atoms with Crippen molar-refractivity contribution in [3.8, 4) is 0 Å². The predicted octanol–water partition coefficient (Wildman–Crippen LogP) is 2.94. The van der Waals surface area contributed by atoms with Gasteiger partial charge in [-0.05, 0) is 31.2 Å². The first-order valence-corrected chi connectivity index (χ1v) is 9.29. The van der Waals surface area contributed by atoms with Crippen molar-refractivity contribution < 1.29 is 9.00 Å². The van der Waals surface area contributed by atoms with Crippen LogP contribution >= 0.6 is 0 Å². The highest BCUT2D eigenvalue weighted by Crippen LogP contribution is 2.22. The Balaban J connectivity index is 1.70. The second kappa shape index (κ2) is 8.32. The van der Waals surface area contributed by atoms with Gasteiger partial charge in [-0.25, -0.2) is 0 Å². The zero-order valence-corrected chi connectivity index (χ0v) is 13.6. The molecule has 1 fully saturated rings. The van der Waals surface area contributed by atoms with Gasteiger partial charge in [-0.3, -0.25) is 9.00 Å². The van der Waals surface area contributed by atoms with Crippen LogP contribution in [0.25, 0.3) is 0 Å². The number of nitrogens with one attached hydrogen (secondary N) is 1. The van der Waals surface area contributed by atoms with E-state index in [1.54, 1.807) is 0 Å². The van der Waals surface area contributed by atoms with E-state index in [1.807, 2.05) is 31.2 Å². The Bertz CT molecular complexity index is 495. The Kier molecular flexibility index (Phi) is 6.43. The molecule has 1 amide bonds. The minimum Gasteiger partial charge on any atom is -0.355 e. The third-order valence-corrected chi connectivity index (χ3v) is 5.25. The standard InChI is InChI=1S/C17H25NO2S/c1-14-6-5-9-16(10-14)12-21(20)13-17(19)18-11-15-7-3-2-4-8-15/h5-6,9-10,15H,2-4,7-8,11-13H2,1H3,(H,18,19)/t21-/m0/s1. The number of hydrogen-bond donors (Lipinski definition) is 1. The van der Waals surface area contributed by atoms with Gasteiger partial charge in [0.1, 0.15) is 5.75 Å². The van der Waals surface area contributed by atoms with E-state index in [2.05, 4.69) is 5.32 Å². The maximum atomic E-state index is 12.0. The van der Waals surface area contributed by atoms with Gasteiger partial charge in [0.2, 0.25) is 5.91 Å². The number of hydrogen-bond acceptors (Lipinski definition) is 2. The SMILES string of the molecule is Cc1cccc(C[S@](=O)CC(=O)NCC2CCCCC2)c1. The molecule has 1 aromatic rings. The molecule has 116 valence electrons. The van der Waals surface area contributed by atoms with Gasteiger partial charge in [-0.1, -0.05) is 49.1 Å². The zero-order chi connectivity index (χ0) is 15.1. The normalized spacial score (nSPS) is 17.4. The minimum absolute atomic E-state index is 0.0773. The maximum Gasteiger partial charge on any atom is 0.232 e. The molecule has 1 atom stereocenters. The highest BCUT2D eigenvalue weighted by Gasteiger charge is 2.15. The molecule has 1 aliphatic carbocycles. The summed E-state index contributed by atoms with van der Waals surface area (Å²) in [6.07, 6.45) is 6.31. The fourth-order valence-corrected chi connectivity index (χ4v) is 3.93. The first-order valence-electron chi connectivity index (χ1n) is 7.80. The summed E-state index contributed by atoms with van der Waals surface area (Å²) in [5.74, 6) is 1.11. The predicted molar refractivity (Wildman–Crippen MR) is 87.5 cm³/mol. The topological polar surface area (TPSA) is 46.2 Å². The molecular formula is C17H25NO2S. The van der Waals surface area contributed by atoms with Crippen molar-refractivity contribution in [3.05, 3.63) is 35.4 Å². The molecule has 0 spiro atoms. The van der Waals surface area contributed by atoms with Crippen molar-refractivity contribution in [2.45, 2.75) is 44.8 Å².